The van der Waals surface area contributed by atoms with E-state index in [-0.39, 0.29) is 24.1 Å². The Kier molecular flexibility index (Phi) is 2.78. The van der Waals surface area contributed by atoms with Gasteiger partial charge in [0.25, 0.3) is 0 Å². The fourth-order valence-corrected chi connectivity index (χ4v) is 2.66. The van der Waals surface area contributed by atoms with Crippen molar-refractivity contribution in [2.24, 2.45) is 0 Å². The monoisotopic (exact) mass is 279 g/mol. The molecule has 1 aromatic carbocycles. The summed E-state index contributed by atoms with van der Waals surface area (Å²) in [6.07, 6.45) is 0.185. The van der Waals surface area contributed by atoms with Crippen LogP contribution in [0.2, 0.25) is 5.02 Å². The molecule has 0 bridgehead atoms. The third-order valence-electron chi connectivity index (χ3n) is 3.32. The van der Waals surface area contributed by atoms with Crippen molar-refractivity contribution < 1.29 is 9.18 Å². The van der Waals surface area contributed by atoms with Crippen LogP contribution in [-0.2, 0) is 4.79 Å². The molecule has 3 rings (SSSR count). The maximum Gasteiger partial charge on any atom is 0.226 e. The summed E-state index contributed by atoms with van der Waals surface area (Å²) in [7, 11) is 0. The highest BCUT2D eigenvalue weighted by atomic mass is 35.5. The molecule has 6 heteroatoms. The SMILES string of the molecule is Cc1[nH]nc2c1C(c1cc(Cl)ccc1F)CC(=O)N2. The minimum Gasteiger partial charge on any atom is -0.309 e. The fourth-order valence-electron chi connectivity index (χ4n) is 2.48. The molecule has 0 aliphatic carbocycles. The minimum absolute atomic E-state index is 0.177. The number of H-pyrrole nitrogens is 1. The highest BCUT2D eigenvalue weighted by molar-refractivity contribution is 6.30. The van der Waals surface area contributed by atoms with E-state index < -0.39 is 0 Å². The van der Waals surface area contributed by atoms with Crippen molar-refractivity contribution in [1.29, 1.82) is 0 Å². The number of rotatable bonds is 1. The van der Waals surface area contributed by atoms with Crippen molar-refractivity contribution >= 4 is 23.3 Å². The average molecular weight is 280 g/mol. The predicted octanol–water partition coefficient (Wildman–Crippen LogP) is 2.98. The Labute approximate surface area is 114 Å². The lowest BCUT2D eigenvalue weighted by Gasteiger charge is -2.23. The van der Waals surface area contributed by atoms with Crippen molar-refractivity contribution in [3.05, 3.63) is 45.9 Å². The summed E-state index contributed by atoms with van der Waals surface area (Å²) in [6, 6.07) is 4.38. The predicted molar refractivity (Wildman–Crippen MR) is 69.8 cm³/mol. The number of benzene rings is 1. The van der Waals surface area contributed by atoms with Gasteiger partial charge in [-0.1, -0.05) is 11.6 Å². The normalized spacial score (nSPS) is 18.1. The zero-order valence-corrected chi connectivity index (χ0v) is 10.9. The zero-order chi connectivity index (χ0) is 13.6. The third kappa shape index (κ3) is 2.00. The number of hydrogen-bond donors (Lipinski definition) is 2. The second-order valence-electron chi connectivity index (χ2n) is 4.58. The van der Waals surface area contributed by atoms with E-state index in [0.717, 1.165) is 11.3 Å². The van der Waals surface area contributed by atoms with E-state index in [4.69, 9.17) is 11.6 Å². The highest BCUT2D eigenvalue weighted by Gasteiger charge is 2.32. The largest absolute Gasteiger partial charge is 0.309 e. The molecule has 0 fully saturated rings. The van der Waals surface area contributed by atoms with E-state index >= 15 is 0 Å². The number of nitrogens with one attached hydrogen (secondary N) is 2. The van der Waals surface area contributed by atoms with Gasteiger partial charge >= 0.3 is 0 Å². The number of amides is 1. The lowest BCUT2D eigenvalue weighted by Crippen LogP contribution is -2.24. The minimum atomic E-state index is -0.365. The average Bonchev–Trinajstić information content (AvgIpc) is 2.73. The molecule has 1 amide bonds. The van der Waals surface area contributed by atoms with Gasteiger partial charge in [0.1, 0.15) is 5.82 Å². The molecule has 1 unspecified atom stereocenters. The number of halogens is 2. The molecule has 0 saturated carbocycles. The first-order valence-electron chi connectivity index (χ1n) is 5.86. The van der Waals surface area contributed by atoms with Crippen LogP contribution in [0, 0.1) is 12.7 Å². The number of hydrogen-bond acceptors (Lipinski definition) is 2. The molecule has 1 aliphatic heterocycles. The summed E-state index contributed by atoms with van der Waals surface area (Å²) in [5, 5.41) is 9.96. The Morgan fingerprint density at radius 2 is 2.26 bits per heavy atom. The summed E-state index contributed by atoms with van der Waals surface area (Å²) in [5.74, 6) is -0.432. The van der Waals surface area contributed by atoms with Crippen LogP contribution < -0.4 is 5.32 Å². The van der Waals surface area contributed by atoms with E-state index in [0.29, 0.717) is 16.4 Å². The number of carbonyl (C=O) groups excluding carboxylic acids is 1. The maximum absolute atomic E-state index is 14.0. The van der Waals surface area contributed by atoms with Gasteiger partial charge in [0.05, 0.1) is 0 Å². The Morgan fingerprint density at radius 3 is 3.05 bits per heavy atom. The van der Waals surface area contributed by atoms with E-state index in [9.17, 15) is 9.18 Å². The molecular weight excluding hydrogens is 269 g/mol. The van der Waals surface area contributed by atoms with Gasteiger partial charge in [-0.2, -0.15) is 5.10 Å². The smallest absolute Gasteiger partial charge is 0.226 e. The van der Waals surface area contributed by atoms with Crippen LogP contribution >= 0.6 is 11.6 Å². The molecule has 98 valence electrons. The number of anilines is 1. The van der Waals surface area contributed by atoms with Crippen molar-refractivity contribution in [1.82, 2.24) is 10.2 Å². The van der Waals surface area contributed by atoms with Gasteiger partial charge in [0.2, 0.25) is 5.91 Å². The molecule has 1 atom stereocenters. The maximum atomic E-state index is 14.0. The third-order valence-corrected chi connectivity index (χ3v) is 3.56. The zero-order valence-electron chi connectivity index (χ0n) is 10.1. The molecule has 4 nitrogen and oxygen atoms in total. The first-order chi connectivity index (χ1) is 9.06. The van der Waals surface area contributed by atoms with E-state index in [2.05, 4.69) is 15.5 Å². The first kappa shape index (κ1) is 12.2. The molecular formula is C13H11ClFN3O. The lowest BCUT2D eigenvalue weighted by molar-refractivity contribution is -0.116. The number of carbonyl (C=O) groups is 1. The van der Waals surface area contributed by atoms with Crippen LogP contribution in [0.3, 0.4) is 0 Å². The van der Waals surface area contributed by atoms with E-state index in [1.165, 1.54) is 12.1 Å². The molecule has 0 saturated heterocycles. The fraction of sp³-hybridized carbons (Fsp3) is 0.231. The lowest BCUT2D eigenvalue weighted by atomic mass is 9.85. The van der Waals surface area contributed by atoms with Crippen molar-refractivity contribution in [3.8, 4) is 0 Å². The number of aryl methyl sites for hydroxylation is 1. The molecule has 0 spiro atoms. The van der Waals surface area contributed by atoms with Crippen LogP contribution in [0.4, 0.5) is 10.2 Å². The van der Waals surface area contributed by atoms with Crippen molar-refractivity contribution in [2.45, 2.75) is 19.3 Å². The number of aromatic amines is 1. The summed E-state index contributed by atoms with van der Waals surface area (Å²) >= 11 is 5.92. The van der Waals surface area contributed by atoms with Gasteiger partial charge in [0, 0.05) is 28.6 Å². The number of fused-ring (bicyclic) bond motifs is 1. The van der Waals surface area contributed by atoms with Gasteiger partial charge in [-0.25, -0.2) is 4.39 Å². The molecule has 1 aliphatic rings. The van der Waals surface area contributed by atoms with Gasteiger partial charge in [0.15, 0.2) is 5.82 Å². The Balaban J connectivity index is 2.17. The molecule has 2 heterocycles. The van der Waals surface area contributed by atoms with Gasteiger partial charge < -0.3 is 5.32 Å². The summed E-state index contributed by atoms with van der Waals surface area (Å²) < 4.78 is 14.0. The first-order valence-corrected chi connectivity index (χ1v) is 6.23. The van der Waals surface area contributed by atoms with Crippen molar-refractivity contribution in [2.75, 3.05) is 5.32 Å². The molecule has 0 radical (unpaired) electrons. The second kappa shape index (κ2) is 4.35. The standard InChI is InChI=1S/C13H11ClFN3O/c1-6-12-9(5-11(19)16-13(12)18-17-6)8-4-7(14)2-3-10(8)15/h2-4,9H,5H2,1H3,(H2,16,17,18,19). The van der Waals surface area contributed by atoms with Crippen LogP contribution in [-0.4, -0.2) is 16.1 Å². The van der Waals surface area contributed by atoms with E-state index in [1.807, 2.05) is 6.92 Å². The molecule has 2 N–H and O–H groups in total. The summed E-state index contributed by atoms with van der Waals surface area (Å²) in [6.45, 7) is 1.85. The van der Waals surface area contributed by atoms with Crippen LogP contribution in [0.5, 0.6) is 0 Å². The number of aromatic nitrogens is 2. The van der Waals surface area contributed by atoms with Gasteiger partial charge in [-0.3, -0.25) is 9.89 Å². The highest BCUT2D eigenvalue weighted by Crippen LogP contribution is 2.39. The van der Waals surface area contributed by atoms with Gasteiger partial charge in [-0.05, 0) is 30.7 Å². The molecule has 2 aromatic rings. The Morgan fingerprint density at radius 1 is 1.47 bits per heavy atom. The van der Waals surface area contributed by atoms with Crippen molar-refractivity contribution in [3.63, 3.8) is 0 Å². The quantitative estimate of drug-likeness (QED) is 0.843. The van der Waals surface area contributed by atoms with Gasteiger partial charge in [-0.15, -0.1) is 0 Å². The Bertz CT molecular complexity index is 668. The molecule has 1 aromatic heterocycles. The summed E-state index contributed by atoms with van der Waals surface area (Å²) in [5.41, 5.74) is 2.06. The molecule has 19 heavy (non-hydrogen) atoms. The second-order valence-corrected chi connectivity index (χ2v) is 5.02. The Hall–Kier alpha value is -1.88. The van der Waals surface area contributed by atoms with Crippen LogP contribution in [0.15, 0.2) is 18.2 Å². The van der Waals surface area contributed by atoms with E-state index in [1.54, 1.807) is 6.07 Å². The van der Waals surface area contributed by atoms with Crippen LogP contribution in [0.1, 0.15) is 29.2 Å². The van der Waals surface area contributed by atoms with Crippen LogP contribution in [0.25, 0.3) is 0 Å². The number of nitrogens with zero attached hydrogens (tertiary/aromatic N) is 1. The summed E-state index contributed by atoms with van der Waals surface area (Å²) in [4.78, 5) is 11.7. The topological polar surface area (TPSA) is 57.8 Å².